The molecule has 0 saturated heterocycles. The molecule has 0 fully saturated rings. The van der Waals surface area contributed by atoms with Gasteiger partial charge >= 0.3 is 0 Å². The van der Waals surface area contributed by atoms with Crippen molar-refractivity contribution in [1.29, 1.82) is 0 Å². The van der Waals surface area contributed by atoms with Crippen LogP contribution in [0.25, 0.3) is 0 Å². The summed E-state index contributed by atoms with van der Waals surface area (Å²) in [6.45, 7) is 0. The summed E-state index contributed by atoms with van der Waals surface area (Å²) >= 11 is 17.5. The van der Waals surface area contributed by atoms with Gasteiger partial charge < -0.3 is 5.32 Å². The Hall–Kier alpha value is -1.09. The van der Waals surface area contributed by atoms with Crippen LogP contribution in [0.1, 0.15) is 5.56 Å². The molecule has 17 heavy (non-hydrogen) atoms. The number of benzene rings is 2. The van der Waals surface area contributed by atoms with Gasteiger partial charge in [0.2, 0.25) is 0 Å². The first-order chi connectivity index (χ1) is 8.18. The van der Waals surface area contributed by atoms with E-state index in [2.05, 4.69) is 5.32 Å². The molecule has 4 heteroatoms. The topological polar surface area (TPSA) is 12.0 Å². The predicted molar refractivity (Wildman–Crippen MR) is 78.2 cm³/mol. The van der Waals surface area contributed by atoms with Crippen LogP contribution in [0.5, 0.6) is 0 Å². The number of hydrogen-bond acceptors (Lipinski definition) is 1. The zero-order valence-electron chi connectivity index (χ0n) is 8.78. The van der Waals surface area contributed by atoms with Crippen molar-refractivity contribution in [3.8, 4) is 0 Å². The quantitative estimate of drug-likeness (QED) is 0.795. The Kier molecular flexibility index (Phi) is 4.00. The maximum absolute atomic E-state index is 6.08. The van der Waals surface area contributed by atoms with Gasteiger partial charge in [0.05, 0.1) is 10.0 Å². The van der Waals surface area contributed by atoms with Crippen molar-refractivity contribution in [3.63, 3.8) is 0 Å². The van der Waals surface area contributed by atoms with Crippen LogP contribution < -0.4 is 5.32 Å². The Balaban J connectivity index is 2.27. The van der Waals surface area contributed by atoms with Crippen LogP contribution >= 0.6 is 35.4 Å². The van der Waals surface area contributed by atoms with Crippen LogP contribution in [0.3, 0.4) is 0 Å². The van der Waals surface area contributed by atoms with E-state index in [-0.39, 0.29) is 0 Å². The van der Waals surface area contributed by atoms with Crippen molar-refractivity contribution < 1.29 is 0 Å². The average molecular weight is 282 g/mol. The van der Waals surface area contributed by atoms with Crippen LogP contribution in [-0.2, 0) is 0 Å². The van der Waals surface area contributed by atoms with Gasteiger partial charge in [-0.05, 0) is 24.3 Å². The van der Waals surface area contributed by atoms with Crippen LogP contribution in [0.15, 0.2) is 48.5 Å². The highest BCUT2D eigenvalue weighted by Crippen LogP contribution is 2.25. The van der Waals surface area contributed by atoms with Crippen LogP contribution in [0, 0.1) is 0 Å². The molecule has 0 atom stereocenters. The predicted octanol–water partition coefficient (Wildman–Crippen LogP) is 4.78. The zero-order chi connectivity index (χ0) is 12.3. The lowest BCUT2D eigenvalue weighted by atomic mass is 10.2. The number of halogens is 2. The van der Waals surface area contributed by atoms with E-state index in [0.717, 1.165) is 5.69 Å². The molecule has 0 saturated carbocycles. The van der Waals surface area contributed by atoms with Crippen molar-refractivity contribution in [2.75, 3.05) is 5.32 Å². The van der Waals surface area contributed by atoms with Crippen molar-refractivity contribution in [1.82, 2.24) is 0 Å². The maximum Gasteiger partial charge on any atom is 0.114 e. The van der Waals surface area contributed by atoms with Crippen molar-refractivity contribution in [2.45, 2.75) is 0 Å². The zero-order valence-corrected chi connectivity index (χ0v) is 11.1. The lowest BCUT2D eigenvalue weighted by molar-refractivity contribution is 1.60. The van der Waals surface area contributed by atoms with Gasteiger partial charge in [-0.3, -0.25) is 0 Å². The summed E-state index contributed by atoms with van der Waals surface area (Å²) in [6.07, 6.45) is 0. The minimum Gasteiger partial charge on any atom is -0.346 e. The van der Waals surface area contributed by atoms with Gasteiger partial charge in [-0.1, -0.05) is 59.7 Å². The number of anilines is 1. The second-order valence-electron chi connectivity index (χ2n) is 3.42. The van der Waals surface area contributed by atoms with Gasteiger partial charge in [0.25, 0.3) is 0 Å². The second-order valence-corrected chi connectivity index (χ2v) is 4.64. The van der Waals surface area contributed by atoms with E-state index >= 15 is 0 Å². The molecule has 0 radical (unpaired) electrons. The van der Waals surface area contributed by atoms with E-state index in [1.807, 2.05) is 30.3 Å². The molecule has 0 aliphatic rings. The fourth-order valence-electron chi connectivity index (χ4n) is 1.43. The molecule has 2 rings (SSSR count). The van der Waals surface area contributed by atoms with Crippen LogP contribution in [0.4, 0.5) is 5.69 Å². The Morgan fingerprint density at radius 1 is 0.882 bits per heavy atom. The normalized spacial score (nSPS) is 10.0. The SMILES string of the molecule is S=C(Nc1ccccc1)c1c(Cl)cccc1Cl. The summed E-state index contributed by atoms with van der Waals surface area (Å²) in [5.41, 5.74) is 1.57. The van der Waals surface area contributed by atoms with E-state index < -0.39 is 0 Å². The molecule has 0 spiro atoms. The van der Waals surface area contributed by atoms with Gasteiger partial charge in [-0.25, -0.2) is 0 Å². The molecule has 86 valence electrons. The molecule has 1 nitrogen and oxygen atoms in total. The van der Waals surface area contributed by atoms with E-state index in [9.17, 15) is 0 Å². The lowest BCUT2D eigenvalue weighted by Gasteiger charge is -2.10. The second kappa shape index (κ2) is 5.50. The molecular weight excluding hydrogens is 273 g/mol. The standard InChI is InChI=1S/C13H9Cl2NS/c14-10-7-4-8-11(15)12(10)13(17)16-9-5-2-1-3-6-9/h1-8H,(H,16,17). The van der Waals surface area contributed by atoms with Gasteiger partial charge in [0.15, 0.2) is 0 Å². The van der Waals surface area contributed by atoms with Gasteiger partial charge in [-0.15, -0.1) is 0 Å². The number of para-hydroxylation sites is 1. The third-order valence-electron chi connectivity index (χ3n) is 2.22. The third-order valence-corrected chi connectivity index (χ3v) is 3.16. The largest absolute Gasteiger partial charge is 0.346 e. The van der Waals surface area contributed by atoms with Crippen molar-refractivity contribution in [2.24, 2.45) is 0 Å². The summed E-state index contributed by atoms with van der Waals surface area (Å²) in [4.78, 5) is 0.520. The minimum absolute atomic E-state index is 0.520. The van der Waals surface area contributed by atoms with E-state index in [4.69, 9.17) is 35.4 Å². The Morgan fingerprint density at radius 2 is 1.47 bits per heavy atom. The van der Waals surface area contributed by atoms with E-state index in [1.54, 1.807) is 18.2 Å². The molecule has 0 bridgehead atoms. The molecule has 0 amide bonds. The summed E-state index contributed by atoms with van der Waals surface area (Å²) < 4.78 is 0. The molecule has 0 aliphatic heterocycles. The number of rotatable bonds is 2. The molecular formula is C13H9Cl2NS. The molecule has 0 aliphatic carbocycles. The van der Waals surface area contributed by atoms with Crippen molar-refractivity contribution in [3.05, 3.63) is 64.1 Å². The third kappa shape index (κ3) is 2.97. The molecule has 2 aromatic rings. The number of thiocarbonyl (C=S) groups is 1. The summed E-state index contributed by atoms with van der Waals surface area (Å²) in [5, 5.41) is 4.20. The Labute approximate surface area is 115 Å². The molecule has 0 aromatic heterocycles. The molecule has 0 heterocycles. The average Bonchev–Trinajstić information content (AvgIpc) is 2.30. The van der Waals surface area contributed by atoms with Gasteiger partial charge in [0.1, 0.15) is 4.99 Å². The summed E-state index contributed by atoms with van der Waals surface area (Å²) in [7, 11) is 0. The first-order valence-electron chi connectivity index (χ1n) is 4.99. The summed E-state index contributed by atoms with van der Waals surface area (Å²) in [6, 6.07) is 15.0. The number of hydrogen-bond donors (Lipinski definition) is 1. The Bertz CT molecular complexity index is 520. The highest BCUT2D eigenvalue weighted by atomic mass is 35.5. The monoisotopic (exact) mass is 281 g/mol. The number of nitrogens with one attached hydrogen (secondary N) is 1. The fraction of sp³-hybridized carbons (Fsp3) is 0. The molecule has 0 unspecified atom stereocenters. The summed E-state index contributed by atoms with van der Waals surface area (Å²) in [5.74, 6) is 0. The lowest BCUT2D eigenvalue weighted by Crippen LogP contribution is -2.11. The first kappa shape index (κ1) is 12.4. The smallest absolute Gasteiger partial charge is 0.114 e. The van der Waals surface area contributed by atoms with Gasteiger partial charge in [-0.2, -0.15) is 0 Å². The Morgan fingerprint density at radius 3 is 2.06 bits per heavy atom. The van der Waals surface area contributed by atoms with Crippen LogP contribution in [0.2, 0.25) is 10.0 Å². The minimum atomic E-state index is 0.520. The maximum atomic E-state index is 6.08. The first-order valence-corrected chi connectivity index (χ1v) is 6.15. The highest BCUT2D eigenvalue weighted by molar-refractivity contribution is 7.81. The molecule has 1 N–H and O–H groups in total. The van der Waals surface area contributed by atoms with Gasteiger partial charge in [0, 0.05) is 11.3 Å². The van der Waals surface area contributed by atoms with Crippen molar-refractivity contribution >= 4 is 46.1 Å². The molecule has 2 aromatic carbocycles. The fourth-order valence-corrected chi connectivity index (χ4v) is 2.47. The highest BCUT2D eigenvalue weighted by Gasteiger charge is 2.10. The van der Waals surface area contributed by atoms with E-state index in [0.29, 0.717) is 20.6 Å². The van der Waals surface area contributed by atoms with Crippen LogP contribution in [-0.4, -0.2) is 4.99 Å². The van der Waals surface area contributed by atoms with E-state index in [1.165, 1.54) is 0 Å².